The summed E-state index contributed by atoms with van der Waals surface area (Å²) in [5, 5.41) is 3.76. The summed E-state index contributed by atoms with van der Waals surface area (Å²) in [7, 11) is 0. The highest BCUT2D eigenvalue weighted by Gasteiger charge is 2.36. The molecule has 0 radical (unpaired) electrons. The van der Waals surface area contributed by atoms with Crippen LogP contribution in [0, 0.1) is 0 Å². The van der Waals surface area contributed by atoms with Crippen LogP contribution in [0.3, 0.4) is 0 Å². The van der Waals surface area contributed by atoms with Crippen molar-refractivity contribution in [3.63, 3.8) is 0 Å². The number of carbonyl (C=O) groups excluding carboxylic acids is 1. The van der Waals surface area contributed by atoms with Gasteiger partial charge in [0.15, 0.2) is 5.82 Å². The number of carbonyl (C=O) groups is 1. The van der Waals surface area contributed by atoms with E-state index in [9.17, 15) is 4.79 Å². The maximum atomic E-state index is 12.1. The SMILES string of the molecule is CC(C)(C)OC(=O)N1CCC[C@H]1c1nc(CN)no1. The van der Waals surface area contributed by atoms with Gasteiger partial charge >= 0.3 is 6.09 Å². The van der Waals surface area contributed by atoms with Crippen molar-refractivity contribution >= 4 is 6.09 Å². The number of hydrogen-bond acceptors (Lipinski definition) is 6. The molecule has 7 nitrogen and oxygen atoms in total. The minimum atomic E-state index is -0.512. The Balaban J connectivity index is 2.10. The molecule has 1 fully saturated rings. The molecule has 0 spiro atoms. The molecule has 1 aliphatic heterocycles. The van der Waals surface area contributed by atoms with Crippen molar-refractivity contribution in [3.8, 4) is 0 Å². The molecule has 19 heavy (non-hydrogen) atoms. The topological polar surface area (TPSA) is 94.5 Å². The number of hydrogen-bond donors (Lipinski definition) is 1. The van der Waals surface area contributed by atoms with Crippen LogP contribution in [0.4, 0.5) is 4.79 Å². The van der Waals surface area contributed by atoms with Gasteiger partial charge in [-0.15, -0.1) is 0 Å². The fraction of sp³-hybridized carbons (Fsp3) is 0.750. The van der Waals surface area contributed by atoms with Crippen molar-refractivity contribution in [3.05, 3.63) is 11.7 Å². The molecule has 2 heterocycles. The third kappa shape index (κ3) is 3.23. The lowest BCUT2D eigenvalue weighted by Gasteiger charge is -2.26. The van der Waals surface area contributed by atoms with Gasteiger partial charge in [0.2, 0.25) is 5.89 Å². The van der Waals surface area contributed by atoms with Gasteiger partial charge in [-0.1, -0.05) is 5.16 Å². The number of nitrogens with two attached hydrogens (primary N) is 1. The quantitative estimate of drug-likeness (QED) is 0.875. The van der Waals surface area contributed by atoms with Gasteiger partial charge in [-0.2, -0.15) is 4.98 Å². The predicted octanol–water partition coefficient (Wildman–Crippen LogP) is 1.60. The Morgan fingerprint density at radius 1 is 1.58 bits per heavy atom. The largest absolute Gasteiger partial charge is 0.444 e. The number of rotatable bonds is 2. The van der Waals surface area contributed by atoms with Crippen LogP contribution in [-0.2, 0) is 11.3 Å². The molecule has 1 atom stereocenters. The number of nitrogens with zero attached hydrogens (tertiary/aromatic N) is 3. The first kappa shape index (κ1) is 13.8. The second-order valence-corrected chi connectivity index (χ2v) is 5.58. The average molecular weight is 268 g/mol. The lowest BCUT2D eigenvalue weighted by molar-refractivity contribution is 0.0199. The van der Waals surface area contributed by atoms with Crippen LogP contribution in [0.1, 0.15) is 51.4 Å². The van der Waals surface area contributed by atoms with Gasteiger partial charge in [0.05, 0.1) is 6.54 Å². The van der Waals surface area contributed by atoms with E-state index in [2.05, 4.69) is 10.1 Å². The molecule has 0 aromatic carbocycles. The molecule has 0 aliphatic carbocycles. The summed E-state index contributed by atoms with van der Waals surface area (Å²) in [6.45, 7) is 6.39. The highest BCUT2D eigenvalue weighted by Crippen LogP contribution is 2.32. The third-order valence-corrected chi connectivity index (χ3v) is 2.83. The molecular weight excluding hydrogens is 248 g/mol. The summed E-state index contributed by atoms with van der Waals surface area (Å²) in [6.07, 6.45) is 1.35. The Bertz CT molecular complexity index is 452. The number of amides is 1. The van der Waals surface area contributed by atoms with Crippen molar-refractivity contribution in [1.82, 2.24) is 15.0 Å². The van der Waals surface area contributed by atoms with Gasteiger partial charge in [-0.3, -0.25) is 4.90 Å². The molecule has 1 aromatic heterocycles. The number of likely N-dealkylation sites (tertiary alicyclic amines) is 1. The van der Waals surface area contributed by atoms with E-state index in [0.717, 1.165) is 12.8 Å². The van der Waals surface area contributed by atoms with Crippen LogP contribution in [0.25, 0.3) is 0 Å². The Labute approximate surface area is 112 Å². The van der Waals surface area contributed by atoms with E-state index in [1.165, 1.54) is 0 Å². The van der Waals surface area contributed by atoms with Crippen LogP contribution in [0.2, 0.25) is 0 Å². The van der Waals surface area contributed by atoms with E-state index >= 15 is 0 Å². The molecule has 2 N–H and O–H groups in total. The number of ether oxygens (including phenoxy) is 1. The van der Waals surface area contributed by atoms with Crippen LogP contribution in [-0.4, -0.2) is 33.3 Å². The van der Waals surface area contributed by atoms with Crippen molar-refractivity contribution in [2.24, 2.45) is 5.73 Å². The zero-order valence-electron chi connectivity index (χ0n) is 11.5. The third-order valence-electron chi connectivity index (χ3n) is 2.83. The van der Waals surface area contributed by atoms with Crippen LogP contribution < -0.4 is 5.73 Å². The van der Waals surface area contributed by atoms with E-state index < -0.39 is 5.60 Å². The van der Waals surface area contributed by atoms with Crippen molar-refractivity contribution in [2.45, 2.75) is 51.8 Å². The van der Waals surface area contributed by atoms with E-state index in [0.29, 0.717) is 18.3 Å². The molecule has 0 bridgehead atoms. The zero-order valence-corrected chi connectivity index (χ0v) is 11.5. The summed E-state index contributed by atoms with van der Waals surface area (Å²) < 4.78 is 10.5. The molecule has 1 aromatic rings. The van der Waals surface area contributed by atoms with Crippen LogP contribution in [0.5, 0.6) is 0 Å². The summed E-state index contributed by atoms with van der Waals surface area (Å²) in [5.74, 6) is 0.884. The molecule has 1 aliphatic rings. The normalized spacial score (nSPS) is 19.8. The first-order chi connectivity index (χ1) is 8.90. The van der Waals surface area contributed by atoms with E-state index in [1.807, 2.05) is 20.8 Å². The highest BCUT2D eigenvalue weighted by molar-refractivity contribution is 5.69. The molecule has 1 amide bonds. The molecule has 2 rings (SSSR count). The van der Waals surface area contributed by atoms with Crippen molar-refractivity contribution in [2.75, 3.05) is 6.54 Å². The predicted molar refractivity (Wildman–Crippen MR) is 67.1 cm³/mol. The molecule has 1 saturated heterocycles. The van der Waals surface area contributed by atoms with Crippen LogP contribution in [0.15, 0.2) is 4.52 Å². The van der Waals surface area contributed by atoms with Gasteiger partial charge in [-0.05, 0) is 33.6 Å². The Kier molecular flexibility index (Phi) is 3.75. The minimum Gasteiger partial charge on any atom is -0.444 e. The number of aromatic nitrogens is 2. The summed E-state index contributed by atoms with van der Waals surface area (Å²) in [4.78, 5) is 17.9. The second-order valence-electron chi connectivity index (χ2n) is 5.58. The van der Waals surface area contributed by atoms with Gasteiger partial charge in [0, 0.05) is 6.54 Å². The second kappa shape index (κ2) is 5.16. The molecular formula is C12H20N4O3. The van der Waals surface area contributed by atoms with Gasteiger partial charge in [0.25, 0.3) is 0 Å². The Hall–Kier alpha value is -1.63. The summed E-state index contributed by atoms with van der Waals surface area (Å²) >= 11 is 0. The fourth-order valence-corrected chi connectivity index (χ4v) is 2.05. The van der Waals surface area contributed by atoms with Gasteiger partial charge < -0.3 is 15.0 Å². The molecule has 7 heteroatoms. The maximum absolute atomic E-state index is 12.1. The van der Waals surface area contributed by atoms with Gasteiger partial charge in [0.1, 0.15) is 11.6 Å². The van der Waals surface area contributed by atoms with E-state index in [4.69, 9.17) is 15.0 Å². The minimum absolute atomic E-state index is 0.206. The lowest BCUT2D eigenvalue weighted by atomic mass is 10.2. The lowest BCUT2D eigenvalue weighted by Crippen LogP contribution is -2.36. The molecule has 0 saturated carbocycles. The Morgan fingerprint density at radius 3 is 2.89 bits per heavy atom. The van der Waals surface area contributed by atoms with E-state index in [-0.39, 0.29) is 18.7 Å². The fourth-order valence-electron chi connectivity index (χ4n) is 2.05. The maximum Gasteiger partial charge on any atom is 0.410 e. The smallest absolute Gasteiger partial charge is 0.410 e. The first-order valence-corrected chi connectivity index (χ1v) is 6.43. The Morgan fingerprint density at radius 2 is 2.32 bits per heavy atom. The monoisotopic (exact) mass is 268 g/mol. The van der Waals surface area contributed by atoms with Gasteiger partial charge in [-0.25, -0.2) is 4.79 Å². The molecule has 106 valence electrons. The summed E-state index contributed by atoms with van der Waals surface area (Å²) in [6, 6.07) is -0.206. The van der Waals surface area contributed by atoms with Crippen molar-refractivity contribution in [1.29, 1.82) is 0 Å². The molecule has 0 unspecified atom stereocenters. The zero-order chi connectivity index (χ0) is 14.0. The standard InChI is InChI=1S/C12H20N4O3/c1-12(2,3)18-11(17)16-6-4-5-8(16)10-14-9(7-13)15-19-10/h8H,4-7,13H2,1-3H3/t8-/m0/s1. The first-order valence-electron chi connectivity index (χ1n) is 6.43. The van der Waals surface area contributed by atoms with Crippen LogP contribution >= 0.6 is 0 Å². The van der Waals surface area contributed by atoms with E-state index in [1.54, 1.807) is 4.90 Å². The summed E-state index contributed by atoms with van der Waals surface area (Å²) in [5.41, 5.74) is 4.94. The highest BCUT2D eigenvalue weighted by atomic mass is 16.6. The van der Waals surface area contributed by atoms with Crippen molar-refractivity contribution < 1.29 is 14.1 Å². The average Bonchev–Trinajstić information content (AvgIpc) is 2.95.